The highest BCUT2D eigenvalue weighted by Crippen LogP contribution is 2.22. The Morgan fingerprint density at radius 3 is 2.79 bits per heavy atom. The fraction of sp³-hybridized carbons (Fsp3) is 0.143. The van der Waals surface area contributed by atoms with Crippen LogP contribution < -0.4 is 0 Å². The molecule has 0 aliphatic carbocycles. The Balaban J connectivity index is 1.96. The fourth-order valence-electron chi connectivity index (χ4n) is 2.10. The number of benzene rings is 1. The highest BCUT2D eigenvalue weighted by atomic mass is 32.1. The number of hydrogen-bond acceptors (Lipinski definition) is 3. The number of hydrogen-bond donors (Lipinski definition) is 1. The van der Waals surface area contributed by atoms with E-state index < -0.39 is 5.97 Å². The quantitative estimate of drug-likeness (QED) is 0.797. The van der Waals surface area contributed by atoms with E-state index in [1.807, 2.05) is 37.4 Å². The van der Waals surface area contributed by atoms with Crippen LogP contribution in [-0.2, 0) is 13.5 Å². The molecular formula is C14H12N2O2S. The number of aromatic nitrogens is 2. The van der Waals surface area contributed by atoms with Crippen LogP contribution in [0.1, 0.15) is 20.4 Å². The number of aromatic carboxylic acids is 1. The molecule has 4 nitrogen and oxygen atoms in total. The number of para-hydroxylation sites is 2. The molecule has 5 heteroatoms. The molecule has 0 amide bonds. The van der Waals surface area contributed by atoms with E-state index in [1.54, 1.807) is 6.07 Å². The molecule has 2 aromatic heterocycles. The SMILES string of the molecule is Cn1c(Cc2ccc(C(=O)O)s2)nc2ccccc21. The van der Waals surface area contributed by atoms with Crippen molar-refractivity contribution in [1.82, 2.24) is 9.55 Å². The zero-order valence-corrected chi connectivity index (χ0v) is 11.1. The molecule has 0 spiro atoms. The zero-order valence-electron chi connectivity index (χ0n) is 10.3. The molecule has 0 radical (unpaired) electrons. The van der Waals surface area contributed by atoms with Gasteiger partial charge in [-0.3, -0.25) is 0 Å². The molecule has 0 unspecified atom stereocenters. The standard InChI is InChI=1S/C14H12N2O2S/c1-16-11-5-3-2-4-10(11)15-13(16)8-9-6-7-12(19-9)14(17)18/h2-7H,8H2,1H3,(H,17,18). The van der Waals surface area contributed by atoms with Crippen LogP contribution in [0.3, 0.4) is 0 Å². The summed E-state index contributed by atoms with van der Waals surface area (Å²) < 4.78 is 2.05. The van der Waals surface area contributed by atoms with Crippen LogP contribution in [0.4, 0.5) is 0 Å². The van der Waals surface area contributed by atoms with E-state index >= 15 is 0 Å². The highest BCUT2D eigenvalue weighted by Gasteiger charge is 2.11. The monoisotopic (exact) mass is 272 g/mol. The smallest absolute Gasteiger partial charge is 0.345 e. The highest BCUT2D eigenvalue weighted by molar-refractivity contribution is 7.13. The molecule has 0 atom stereocenters. The third-order valence-corrected chi connectivity index (χ3v) is 4.16. The van der Waals surface area contributed by atoms with E-state index in [-0.39, 0.29) is 0 Å². The van der Waals surface area contributed by atoms with Gasteiger partial charge in [0.1, 0.15) is 10.7 Å². The number of carboxylic acid groups (broad SMARTS) is 1. The minimum absolute atomic E-state index is 0.369. The molecule has 19 heavy (non-hydrogen) atoms. The number of fused-ring (bicyclic) bond motifs is 1. The lowest BCUT2D eigenvalue weighted by molar-refractivity contribution is 0.0702. The van der Waals surface area contributed by atoms with Crippen molar-refractivity contribution in [3.63, 3.8) is 0 Å². The average molecular weight is 272 g/mol. The van der Waals surface area contributed by atoms with Gasteiger partial charge in [0.2, 0.25) is 0 Å². The maximum absolute atomic E-state index is 10.9. The van der Waals surface area contributed by atoms with Crippen LogP contribution in [-0.4, -0.2) is 20.6 Å². The second-order valence-corrected chi connectivity index (χ2v) is 5.49. The largest absolute Gasteiger partial charge is 0.477 e. The van der Waals surface area contributed by atoms with Crippen LogP contribution in [0.2, 0.25) is 0 Å². The minimum atomic E-state index is -0.874. The Kier molecular flexibility index (Phi) is 2.83. The van der Waals surface area contributed by atoms with Crippen LogP contribution in [0.5, 0.6) is 0 Å². The van der Waals surface area contributed by atoms with E-state index in [2.05, 4.69) is 9.55 Å². The molecule has 3 aromatic rings. The van der Waals surface area contributed by atoms with Gasteiger partial charge in [-0.1, -0.05) is 12.1 Å². The van der Waals surface area contributed by atoms with Gasteiger partial charge in [0, 0.05) is 18.3 Å². The number of imidazole rings is 1. The Morgan fingerprint density at radius 1 is 1.32 bits per heavy atom. The molecular weight excluding hydrogens is 260 g/mol. The van der Waals surface area contributed by atoms with Gasteiger partial charge in [0.05, 0.1) is 11.0 Å². The lowest BCUT2D eigenvalue weighted by Gasteiger charge is -2.00. The summed E-state index contributed by atoms with van der Waals surface area (Å²) in [6.45, 7) is 0. The fourth-order valence-corrected chi connectivity index (χ4v) is 2.94. The molecule has 0 saturated heterocycles. The Labute approximate surface area is 113 Å². The van der Waals surface area contributed by atoms with Gasteiger partial charge in [0.15, 0.2) is 0 Å². The van der Waals surface area contributed by atoms with Crippen molar-refractivity contribution in [2.24, 2.45) is 7.05 Å². The molecule has 0 saturated carbocycles. The maximum Gasteiger partial charge on any atom is 0.345 e. The van der Waals surface area contributed by atoms with Gasteiger partial charge >= 0.3 is 5.97 Å². The maximum atomic E-state index is 10.9. The molecule has 2 heterocycles. The average Bonchev–Trinajstić information content (AvgIpc) is 2.97. The van der Waals surface area contributed by atoms with Crippen molar-refractivity contribution < 1.29 is 9.90 Å². The van der Waals surface area contributed by atoms with Crippen molar-refractivity contribution in [2.75, 3.05) is 0 Å². The summed E-state index contributed by atoms with van der Waals surface area (Å²) in [6, 6.07) is 11.5. The molecule has 96 valence electrons. The first-order chi connectivity index (χ1) is 9.15. The third kappa shape index (κ3) is 2.13. The van der Waals surface area contributed by atoms with Crippen molar-refractivity contribution in [2.45, 2.75) is 6.42 Å². The normalized spacial score (nSPS) is 11.0. The molecule has 0 aliphatic heterocycles. The van der Waals surface area contributed by atoms with Crippen LogP contribution in [0, 0.1) is 0 Å². The number of rotatable bonds is 3. The zero-order chi connectivity index (χ0) is 13.4. The third-order valence-electron chi connectivity index (χ3n) is 3.08. The van der Waals surface area contributed by atoms with E-state index in [4.69, 9.17) is 5.11 Å². The summed E-state index contributed by atoms with van der Waals surface area (Å²) in [5.41, 5.74) is 2.06. The molecule has 0 aliphatic rings. The number of aryl methyl sites for hydroxylation is 1. The van der Waals surface area contributed by atoms with Gasteiger partial charge < -0.3 is 9.67 Å². The first kappa shape index (κ1) is 11.9. The van der Waals surface area contributed by atoms with Crippen LogP contribution >= 0.6 is 11.3 Å². The van der Waals surface area contributed by atoms with E-state index in [1.165, 1.54) is 11.3 Å². The summed E-state index contributed by atoms with van der Waals surface area (Å²) in [4.78, 5) is 16.8. The van der Waals surface area contributed by atoms with Gasteiger partial charge in [-0.2, -0.15) is 0 Å². The summed E-state index contributed by atoms with van der Waals surface area (Å²) in [7, 11) is 1.98. The van der Waals surface area contributed by atoms with Crippen LogP contribution in [0.25, 0.3) is 11.0 Å². The number of nitrogens with zero attached hydrogens (tertiary/aromatic N) is 2. The Morgan fingerprint density at radius 2 is 2.11 bits per heavy atom. The first-order valence-electron chi connectivity index (χ1n) is 5.87. The number of carboxylic acids is 1. The Bertz CT molecular complexity index is 758. The Hall–Kier alpha value is -2.14. The van der Waals surface area contributed by atoms with E-state index in [9.17, 15) is 4.79 Å². The van der Waals surface area contributed by atoms with Crippen molar-refractivity contribution >= 4 is 28.3 Å². The molecule has 0 fully saturated rings. The number of carbonyl (C=O) groups is 1. The van der Waals surface area contributed by atoms with Crippen molar-refractivity contribution in [3.05, 3.63) is 52.0 Å². The van der Waals surface area contributed by atoms with Gasteiger partial charge in [-0.15, -0.1) is 11.3 Å². The minimum Gasteiger partial charge on any atom is -0.477 e. The molecule has 1 aromatic carbocycles. The molecule has 0 bridgehead atoms. The van der Waals surface area contributed by atoms with E-state index in [0.717, 1.165) is 21.7 Å². The van der Waals surface area contributed by atoms with Gasteiger partial charge in [-0.25, -0.2) is 9.78 Å². The summed E-state index contributed by atoms with van der Waals surface area (Å²) in [5.74, 6) is 0.0706. The number of thiophene rings is 1. The van der Waals surface area contributed by atoms with E-state index in [0.29, 0.717) is 11.3 Å². The van der Waals surface area contributed by atoms with Gasteiger partial charge in [-0.05, 0) is 24.3 Å². The lowest BCUT2D eigenvalue weighted by Crippen LogP contribution is -1.97. The predicted octanol–water partition coefficient (Wildman–Crippen LogP) is 2.92. The summed E-state index contributed by atoms with van der Waals surface area (Å²) in [6.07, 6.45) is 0.656. The topological polar surface area (TPSA) is 55.1 Å². The van der Waals surface area contributed by atoms with Crippen molar-refractivity contribution in [1.29, 1.82) is 0 Å². The summed E-state index contributed by atoms with van der Waals surface area (Å²) in [5, 5.41) is 8.92. The van der Waals surface area contributed by atoms with Crippen molar-refractivity contribution in [3.8, 4) is 0 Å². The second-order valence-electron chi connectivity index (χ2n) is 4.32. The molecule has 3 rings (SSSR count). The molecule has 1 N–H and O–H groups in total. The first-order valence-corrected chi connectivity index (χ1v) is 6.69. The lowest BCUT2D eigenvalue weighted by atomic mass is 10.3. The summed E-state index contributed by atoms with van der Waals surface area (Å²) >= 11 is 1.30. The second kappa shape index (κ2) is 4.51. The van der Waals surface area contributed by atoms with Gasteiger partial charge in [0.25, 0.3) is 0 Å². The van der Waals surface area contributed by atoms with Crippen LogP contribution in [0.15, 0.2) is 36.4 Å². The predicted molar refractivity (Wildman–Crippen MR) is 74.8 cm³/mol.